The van der Waals surface area contributed by atoms with Crippen LogP contribution < -0.4 is 4.74 Å². The number of halogens is 1. The van der Waals surface area contributed by atoms with Gasteiger partial charge in [0.15, 0.2) is 0 Å². The van der Waals surface area contributed by atoms with Gasteiger partial charge >= 0.3 is 0 Å². The number of aromatic nitrogens is 1. The average Bonchev–Trinajstić information content (AvgIpc) is 3.35. The number of likely N-dealkylation sites (tertiary alicyclic amines) is 1. The average molecular weight is 394 g/mol. The molecule has 1 atom stereocenters. The van der Waals surface area contributed by atoms with Gasteiger partial charge < -0.3 is 19.3 Å². The smallest absolute Gasteiger partial charge is 0.256 e. The predicted octanol–water partition coefficient (Wildman–Crippen LogP) is 4.51. The van der Waals surface area contributed by atoms with E-state index in [1.54, 1.807) is 24.1 Å². The van der Waals surface area contributed by atoms with Gasteiger partial charge in [0, 0.05) is 19.3 Å². The molecule has 1 aliphatic rings. The van der Waals surface area contributed by atoms with Gasteiger partial charge in [0.05, 0.1) is 29.6 Å². The molecular formula is C23H23FN2O3. The molecule has 4 rings (SSSR count). The van der Waals surface area contributed by atoms with Crippen LogP contribution in [-0.4, -0.2) is 40.2 Å². The molecule has 1 fully saturated rings. The van der Waals surface area contributed by atoms with Gasteiger partial charge in [0.25, 0.3) is 5.91 Å². The maximum absolute atomic E-state index is 13.4. The Labute approximate surface area is 168 Å². The van der Waals surface area contributed by atoms with Crippen molar-refractivity contribution >= 4 is 16.8 Å². The van der Waals surface area contributed by atoms with Crippen molar-refractivity contribution in [3.63, 3.8) is 0 Å². The Kier molecular flexibility index (Phi) is 5.01. The summed E-state index contributed by atoms with van der Waals surface area (Å²) in [7, 11) is 1.58. The molecule has 0 aliphatic carbocycles. The fourth-order valence-electron chi connectivity index (χ4n) is 4.08. The van der Waals surface area contributed by atoms with Gasteiger partial charge in [-0.1, -0.05) is 24.8 Å². The van der Waals surface area contributed by atoms with Crippen LogP contribution in [0.4, 0.5) is 4.39 Å². The topological polar surface area (TPSA) is 54.7 Å². The number of carbonyl (C=O) groups excluding carboxylic acids is 1. The summed E-state index contributed by atoms with van der Waals surface area (Å²) in [6.07, 6.45) is 3.34. The minimum Gasteiger partial charge on any atom is -0.511 e. The second kappa shape index (κ2) is 7.62. The largest absolute Gasteiger partial charge is 0.511 e. The maximum atomic E-state index is 13.4. The Hall–Kier alpha value is -3.28. The summed E-state index contributed by atoms with van der Waals surface area (Å²) in [5.41, 5.74) is 2.30. The monoisotopic (exact) mass is 394 g/mol. The van der Waals surface area contributed by atoms with Crippen molar-refractivity contribution < 1.29 is 19.0 Å². The van der Waals surface area contributed by atoms with E-state index >= 15 is 0 Å². The quantitative estimate of drug-likeness (QED) is 0.648. The lowest BCUT2D eigenvalue weighted by Crippen LogP contribution is -2.36. The zero-order valence-corrected chi connectivity index (χ0v) is 16.3. The number of methoxy groups -OCH3 is 1. The highest BCUT2D eigenvalue weighted by molar-refractivity contribution is 6.09. The van der Waals surface area contributed by atoms with Crippen LogP contribution in [0.2, 0.25) is 0 Å². The molecule has 1 amide bonds. The molecule has 0 spiro atoms. The van der Waals surface area contributed by atoms with Crippen LogP contribution in [0.1, 0.15) is 28.8 Å². The lowest BCUT2D eigenvalue weighted by Gasteiger charge is -2.23. The van der Waals surface area contributed by atoms with Crippen molar-refractivity contribution in [1.82, 2.24) is 9.47 Å². The minimum absolute atomic E-state index is 0.0119. The number of benzene rings is 2. The first-order valence-corrected chi connectivity index (χ1v) is 9.58. The second-order valence-corrected chi connectivity index (χ2v) is 7.30. The van der Waals surface area contributed by atoms with E-state index in [1.165, 1.54) is 12.1 Å². The van der Waals surface area contributed by atoms with Crippen molar-refractivity contribution in [2.45, 2.75) is 25.4 Å². The predicted molar refractivity (Wildman–Crippen MR) is 110 cm³/mol. The summed E-state index contributed by atoms with van der Waals surface area (Å²) < 4.78 is 20.8. The van der Waals surface area contributed by atoms with Gasteiger partial charge in [-0.05, 0) is 42.7 Å². The molecule has 2 aromatic carbocycles. The van der Waals surface area contributed by atoms with Gasteiger partial charge in [0.2, 0.25) is 0 Å². The fraction of sp³-hybridized carbons (Fsp3) is 0.261. The number of nitrogens with zero attached hydrogens (tertiary/aromatic N) is 2. The standard InChI is InChI=1S/C23H23FN2O3/c1-15(27)19-6-4-12-26(19)23(28)18-14-25(13-16-8-10-17(24)11-9-16)20-5-3-7-21(29-2)22(18)20/h3,5,7-11,14,19,27H,1,4,6,12-13H2,2H3. The number of ether oxygens (including phenoxy) is 1. The molecule has 150 valence electrons. The molecule has 0 radical (unpaired) electrons. The molecule has 0 saturated carbocycles. The molecule has 1 unspecified atom stereocenters. The normalized spacial score (nSPS) is 16.3. The first kappa shape index (κ1) is 19.1. The highest BCUT2D eigenvalue weighted by Crippen LogP contribution is 2.34. The number of aliphatic hydroxyl groups excluding tert-OH is 1. The molecule has 29 heavy (non-hydrogen) atoms. The molecule has 0 bridgehead atoms. The first-order chi connectivity index (χ1) is 14.0. The van der Waals surface area contributed by atoms with E-state index in [0.717, 1.165) is 22.9 Å². The van der Waals surface area contributed by atoms with Crippen LogP contribution in [0, 0.1) is 5.82 Å². The summed E-state index contributed by atoms with van der Waals surface area (Å²) in [4.78, 5) is 15.1. The lowest BCUT2D eigenvalue weighted by molar-refractivity contribution is 0.0731. The number of hydrogen-bond donors (Lipinski definition) is 1. The summed E-state index contributed by atoms with van der Waals surface area (Å²) in [6, 6.07) is 11.6. The molecule has 1 aromatic heterocycles. The zero-order chi connectivity index (χ0) is 20.5. The lowest BCUT2D eigenvalue weighted by atomic mass is 10.1. The first-order valence-electron chi connectivity index (χ1n) is 9.58. The highest BCUT2D eigenvalue weighted by atomic mass is 19.1. The van der Waals surface area contributed by atoms with Crippen LogP contribution in [0.3, 0.4) is 0 Å². The van der Waals surface area contributed by atoms with Crippen molar-refractivity contribution in [2.75, 3.05) is 13.7 Å². The van der Waals surface area contributed by atoms with E-state index in [1.807, 2.05) is 29.0 Å². The molecule has 2 heterocycles. The SMILES string of the molecule is C=C(O)C1CCCN1C(=O)c1cn(Cc2ccc(F)cc2)c2cccc(OC)c12. The third-order valence-corrected chi connectivity index (χ3v) is 5.48. The number of amides is 1. The van der Waals surface area contributed by atoms with Crippen LogP contribution in [-0.2, 0) is 6.54 Å². The van der Waals surface area contributed by atoms with E-state index in [9.17, 15) is 14.3 Å². The summed E-state index contributed by atoms with van der Waals surface area (Å²) in [5, 5.41) is 10.6. The molecule has 6 heteroatoms. The van der Waals surface area contributed by atoms with Crippen LogP contribution >= 0.6 is 0 Å². The van der Waals surface area contributed by atoms with Crippen molar-refractivity contribution in [3.8, 4) is 5.75 Å². The van der Waals surface area contributed by atoms with Gasteiger partial charge in [-0.25, -0.2) is 4.39 Å². The number of fused-ring (bicyclic) bond motifs is 1. The molecule has 1 N–H and O–H groups in total. The van der Waals surface area contributed by atoms with E-state index in [0.29, 0.717) is 30.8 Å². The minimum atomic E-state index is -0.368. The molecule has 5 nitrogen and oxygen atoms in total. The summed E-state index contributed by atoms with van der Waals surface area (Å²) in [5.74, 6) is 0.183. The Morgan fingerprint density at radius 2 is 2.03 bits per heavy atom. The Bertz CT molecular complexity index is 1070. The molecular weight excluding hydrogens is 371 g/mol. The third kappa shape index (κ3) is 3.46. The van der Waals surface area contributed by atoms with E-state index in [-0.39, 0.29) is 23.5 Å². The van der Waals surface area contributed by atoms with Crippen LogP contribution in [0.15, 0.2) is 61.0 Å². The van der Waals surface area contributed by atoms with E-state index < -0.39 is 0 Å². The molecule has 1 aliphatic heterocycles. The maximum Gasteiger partial charge on any atom is 0.256 e. The van der Waals surface area contributed by atoms with Gasteiger partial charge in [-0.2, -0.15) is 0 Å². The van der Waals surface area contributed by atoms with Gasteiger partial charge in [-0.3, -0.25) is 4.79 Å². The molecule has 1 saturated heterocycles. The van der Waals surface area contributed by atoms with E-state index in [2.05, 4.69) is 6.58 Å². The second-order valence-electron chi connectivity index (χ2n) is 7.30. The summed E-state index contributed by atoms with van der Waals surface area (Å²) in [6.45, 7) is 4.69. The van der Waals surface area contributed by atoms with Crippen molar-refractivity contribution in [2.24, 2.45) is 0 Å². The number of aliphatic hydroxyl groups is 1. The number of hydrogen-bond acceptors (Lipinski definition) is 3. The number of rotatable bonds is 5. The highest BCUT2D eigenvalue weighted by Gasteiger charge is 2.33. The Morgan fingerprint density at radius 1 is 1.28 bits per heavy atom. The van der Waals surface area contributed by atoms with Crippen molar-refractivity contribution in [1.29, 1.82) is 0 Å². The Morgan fingerprint density at radius 3 is 2.72 bits per heavy atom. The van der Waals surface area contributed by atoms with Crippen LogP contribution in [0.25, 0.3) is 10.9 Å². The van der Waals surface area contributed by atoms with E-state index in [4.69, 9.17) is 4.74 Å². The van der Waals surface area contributed by atoms with Crippen LogP contribution in [0.5, 0.6) is 5.75 Å². The van der Waals surface area contributed by atoms with Gasteiger partial charge in [0.1, 0.15) is 17.3 Å². The number of carbonyl (C=O) groups is 1. The molecule has 3 aromatic rings. The fourth-order valence-corrected chi connectivity index (χ4v) is 4.08. The third-order valence-electron chi connectivity index (χ3n) is 5.48. The zero-order valence-electron chi connectivity index (χ0n) is 16.3. The Balaban J connectivity index is 1.80. The van der Waals surface area contributed by atoms with Gasteiger partial charge in [-0.15, -0.1) is 0 Å². The summed E-state index contributed by atoms with van der Waals surface area (Å²) >= 11 is 0. The van der Waals surface area contributed by atoms with Crippen molar-refractivity contribution in [3.05, 3.63) is 77.9 Å².